The molecule has 0 aliphatic carbocycles. The highest BCUT2D eigenvalue weighted by Gasteiger charge is 2.23. The van der Waals surface area contributed by atoms with Crippen LogP contribution in [0.4, 0.5) is 5.82 Å². The van der Waals surface area contributed by atoms with Crippen molar-refractivity contribution in [3.8, 4) is 17.1 Å². The number of para-hydroxylation sites is 1. The third-order valence-corrected chi connectivity index (χ3v) is 4.70. The normalized spacial score (nSPS) is 17.2. The van der Waals surface area contributed by atoms with Gasteiger partial charge in [0.15, 0.2) is 5.82 Å². The van der Waals surface area contributed by atoms with E-state index in [4.69, 9.17) is 20.4 Å². The fraction of sp³-hybridized carbons (Fsp3) is 0.300. The number of hydrogen-bond donors (Lipinski definition) is 1. The third-order valence-electron chi connectivity index (χ3n) is 4.70. The molecule has 128 valence electrons. The summed E-state index contributed by atoms with van der Waals surface area (Å²) < 4.78 is 5.50. The van der Waals surface area contributed by atoms with Crippen molar-refractivity contribution in [1.82, 2.24) is 9.97 Å². The van der Waals surface area contributed by atoms with Gasteiger partial charge in [-0.05, 0) is 43.2 Å². The maximum Gasteiger partial charge on any atom is 0.165 e. The van der Waals surface area contributed by atoms with Crippen molar-refractivity contribution in [2.24, 2.45) is 5.73 Å². The summed E-state index contributed by atoms with van der Waals surface area (Å²) in [5.41, 5.74) is 9.15. The summed E-state index contributed by atoms with van der Waals surface area (Å²) in [6.07, 6.45) is 0.987. The average molecular weight is 334 g/mol. The number of aryl methyl sites for hydroxylation is 1. The monoisotopic (exact) mass is 334 g/mol. The Kier molecular flexibility index (Phi) is 4.01. The predicted octanol–water partition coefficient (Wildman–Crippen LogP) is 3.15. The van der Waals surface area contributed by atoms with Crippen molar-refractivity contribution >= 4 is 16.7 Å². The minimum absolute atomic E-state index is 0.199. The Labute approximate surface area is 147 Å². The number of benzene rings is 2. The molecule has 0 radical (unpaired) electrons. The van der Waals surface area contributed by atoms with Gasteiger partial charge in [0.05, 0.1) is 18.2 Å². The molecule has 1 fully saturated rings. The van der Waals surface area contributed by atoms with Crippen LogP contribution >= 0.6 is 0 Å². The molecule has 5 heteroatoms. The Morgan fingerprint density at radius 3 is 2.76 bits per heavy atom. The van der Waals surface area contributed by atoms with Gasteiger partial charge >= 0.3 is 0 Å². The lowest BCUT2D eigenvalue weighted by atomic mass is 10.1. The highest BCUT2D eigenvalue weighted by atomic mass is 16.5. The van der Waals surface area contributed by atoms with E-state index in [1.54, 1.807) is 7.11 Å². The molecule has 2 heterocycles. The van der Waals surface area contributed by atoms with E-state index >= 15 is 0 Å². The van der Waals surface area contributed by atoms with E-state index in [9.17, 15) is 0 Å². The molecule has 1 aromatic heterocycles. The lowest BCUT2D eigenvalue weighted by Gasteiger charge is -2.20. The fourth-order valence-electron chi connectivity index (χ4n) is 3.39. The van der Waals surface area contributed by atoms with Gasteiger partial charge < -0.3 is 15.4 Å². The zero-order valence-electron chi connectivity index (χ0n) is 14.6. The van der Waals surface area contributed by atoms with Crippen LogP contribution in [0.3, 0.4) is 0 Å². The van der Waals surface area contributed by atoms with E-state index in [0.29, 0.717) is 5.82 Å². The molecule has 1 saturated heterocycles. The first kappa shape index (κ1) is 15.8. The van der Waals surface area contributed by atoms with Crippen molar-refractivity contribution in [2.75, 3.05) is 25.1 Å². The van der Waals surface area contributed by atoms with Crippen molar-refractivity contribution in [3.05, 3.63) is 48.0 Å². The first-order valence-corrected chi connectivity index (χ1v) is 8.58. The van der Waals surface area contributed by atoms with Gasteiger partial charge in [0.2, 0.25) is 0 Å². The smallest absolute Gasteiger partial charge is 0.165 e. The number of aromatic nitrogens is 2. The van der Waals surface area contributed by atoms with E-state index in [2.05, 4.69) is 30.0 Å². The molecule has 1 atom stereocenters. The zero-order valence-corrected chi connectivity index (χ0v) is 14.6. The Hall–Kier alpha value is -2.66. The minimum Gasteiger partial charge on any atom is -0.496 e. The largest absolute Gasteiger partial charge is 0.496 e. The van der Waals surface area contributed by atoms with E-state index in [1.165, 1.54) is 5.56 Å². The van der Waals surface area contributed by atoms with Crippen molar-refractivity contribution in [1.29, 1.82) is 0 Å². The number of ether oxygens (including phenoxy) is 1. The number of nitrogens with zero attached hydrogens (tertiary/aromatic N) is 3. The van der Waals surface area contributed by atoms with E-state index in [1.807, 2.05) is 24.3 Å². The Morgan fingerprint density at radius 1 is 1.16 bits per heavy atom. The van der Waals surface area contributed by atoms with Crippen LogP contribution in [0.15, 0.2) is 42.5 Å². The van der Waals surface area contributed by atoms with Gasteiger partial charge in [-0.2, -0.15) is 0 Å². The predicted molar refractivity (Wildman–Crippen MR) is 101 cm³/mol. The van der Waals surface area contributed by atoms with Gasteiger partial charge in [0.25, 0.3) is 0 Å². The molecule has 0 amide bonds. The summed E-state index contributed by atoms with van der Waals surface area (Å²) in [6, 6.07) is 14.4. The number of nitrogens with two attached hydrogens (primary N) is 1. The minimum atomic E-state index is 0.199. The highest BCUT2D eigenvalue weighted by Crippen LogP contribution is 2.33. The molecule has 4 rings (SSSR count). The van der Waals surface area contributed by atoms with Crippen LogP contribution in [0, 0.1) is 6.92 Å². The summed E-state index contributed by atoms with van der Waals surface area (Å²) in [6.45, 7) is 3.83. The maximum atomic E-state index is 6.12. The molecule has 0 bridgehead atoms. The molecule has 0 saturated carbocycles. The van der Waals surface area contributed by atoms with Crippen molar-refractivity contribution in [3.63, 3.8) is 0 Å². The van der Waals surface area contributed by atoms with Gasteiger partial charge in [0.1, 0.15) is 11.6 Å². The topological polar surface area (TPSA) is 64.3 Å². The molecule has 1 unspecified atom stereocenters. The Morgan fingerprint density at radius 2 is 2.00 bits per heavy atom. The van der Waals surface area contributed by atoms with Gasteiger partial charge in [-0.3, -0.25) is 0 Å². The van der Waals surface area contributed by atoms with E-state index in [0.717, 1.165) is 47.5 Å². The van der Waals surface area contributed by atoms with Gasteiger partial charge in [-0.15, -0.1) is 0 Å². The number of rotatable bonds is 3. The lowest BCUT2D eigenvalue weighted by Crippen LogP contribution is -2.27. The summed E-state index contributed by atoms with van der Waals surface area (Å²) >= 11 is 0. The fourth-order valence-corrected chi connectivity index (χ4v) is 3.39. The molecule has 1 aliphatic rings. The first-order chi connectivity index (χ1) is 12.2. The number of hydrogen-bond acceptors (Lipinski definition) is 5. The Bertz CT molecular complexity index is 925. The molecular weight excluding hydrogens is 312 g/mol. The van der Waals surface area contributed by atoms with Crippen LogP contribution in [0.2, 0.25) is 0 Å². The molecular formula is C20H22N4O. The second-order valence-corrected chi connectivity index (χ2v) is 6.59. The average Bonchev–Trinajstić information content (AvgIpc) is 3.06. The summed E-state index contributed by atoms with van der Waals surface area (Å²) in [4.78, 5) is 12.0. The van der Waals surface area contributed by atoms with Gasteiger partial charge in [-0.25, -0.2) is 9.97 Å². The van der Waals surface area contributed by atoms with Crippen LogP contribution in [0.25, 0.3) is 22.3 Å². The number of anilines is 1. The van der Waals surface area contributed by atoms with Gasteiger partial charge in [-0.1, -0.05) is 18.2 Å². The summed E-state index contributed by atoms with van der Waals surface area (Å²) in [5, 5.41) is 1.07. The molecule has 25 heavy (non-hydrogen) atoms. The molecule has 2 N–H and O–H groups in total. The summed E-state index contributed by atoms with van der Waals surface area (Å²) in [7, 11) is 1.67. The quantitative estimate of drug-likeness (QED) is 0.797. The summed E-state index contributed by atoms with van der Waals surface area (Å²) in [5.74, 6) is 2.42. The third kappa shape index (κ3) is 2.91. The van der Waals surface area contributed by atoms with Gasteiger partial charge in [0, 0.05) is 24.5 Å². The van der Waals surface area contributed by atoms with Crippen LogP contribution in [0.5, 0.6) is 5.75 Å². The van der Waals surface area contributed by atoms with Crippen LogP contribution in [-0.4, -0.2) is 36.2 Å². The van der Waals surface area contributed by atoms with Crippen LogP contribution in [0.1, 0.15) is 12.0 Å². The highest BCUT2D eigenvalue weighted by molar-refractivity contribution is 5.92. The second kappa shape index (κ2) is 6.33. The SMILES string of the molecule is COc1ccccc1-c1nc(N2CCC(N)C2)c2ccc(C)cc2n1. The standard InChI is InChI=1S/C20H22N4O/c1-13-7-8-15-17(11-13)22-19(16-5-3-4-6-18(16)25-2)23-20(15)24-10-9-14(21)12-24/h3-8,11,14H,9-10,12,21H2,1-2H3. The Balaban J connectivity index is 1.93. The molecule has 1 aliphatic heterocycles. The lowest BCUT2D eigenvalue weighted by molar-refractivity contribution is 0.416. The van der Waals surface area contributed by atoms with E-state index in [-0.39, 0.29) is 6.04 Å². The van der Waals surface area contributed by atoms with Crippen LogP contribution in [-0.2, 0) is 0 Å². The number of methoxy groups -OCH3 is 1. The maximum absolute atomic E-state index is 6.12. The molecule has 3 aromatic rings. The molecule has 0 spiro atoms. The van der Waals surface area contributed by atoms with Crippen molar-refractivity contribution < 1.29 is 4.74 Å². The number of fused-ring (bicyclic) bond motifs is 1. The second-order valence-electron chi connectivity index (χ2n) is 6.59. The van der Waals surface area contributed by atoms with E-state index < -0.39 is 0 Å². The van der Waals surface area contributed by atoms with Crippen molar-refractivity contribution in [2.45, 2.75) is 19.4 Å². The van der Waals surface area contributed by atoms with Crippen LogP contribution < -0.4 is 15.4 Å². The zero-order chi connectivity index (χ0) is 17.4. The molecule has 5 nitrogen and oxygen atoms in total. The molecule has 2 aromatic carbocycles. The first-order valence-electron chi connectivity index (χ1n) is 8.58.